The number of carbonyl (C=O) groups excluding carboxylic acids is 2. The maximum Gasteiger partial charge on any atom is 0.237 e. The Morgan fingerprint density at radius 2 is 1.79 bits per heavy atom. The lowest BCUT2D eigenvalue weighted by molar-refractivity contribution is -0.129. The van der Waals surface area contributed by atoms with E-state index in [0.717, 1.165) is 0 Å². The molecule has 0 unspecified atom stereocenters. The number of anilines is 1. The number of benzene rings is 2. The van der Waals surface area contributed by atoms with Crippen LogP contribution in [-0.2, 0) is 20.5 Å². The average Bonchev–Trinajstić information content (AvgIpc) is 2.98. The van der Waals surface area contributed by atoms with Crippen LogP contribution in [0.1, 0.15) is 24.0 Å². The number of halogens is 2. The Kier molecular flexibility index (Phi) is 3.29. The van der Waals surface area contributed by atoms with Crippen LogP contribution in [0.4, 0.5) is 5.69 Å². The highest BCUT2D eigenvalue weighted by Crippen LogP contribution is 2.56. The molecule has 2 atom stereocenters. The molecule has 1 fully saturated rings. The fraction of sp³-hybridized carbons (Fsp3) is 0.222. The van der Waals surface area contributed by atoms with Crippen LogP contribution in [0.15, 0.2) is 42.5 Å². The largest absolute Gasteiger partial charge is 0.325 e. The van der Waals surface area contributed by atoms with Crippen molar-refractivity contribution in [2.45, 2.75) is 23.8 Å². The summed E-state index contributed by atoms with van der Waals surface area (Å²) < 4.78 is 0. The van der Waals surface area contributed by atoms with Gasteiger partial charge in [-0.1, -0.05) is 41.4 Å². The molecule has 2 aromatic rings. The number of amides is 1. The van der Waals surface area contributed by atoms with Gasteiger partial charge in [-0.25, -0.2) is 0 Å². The zero-order valence-electron chi connectivity index (χ0n) is 12.6. The number of rotatable bonds is 1. The molecule has 6 heteroatoms. The quantitative estimate of drug-likeness (QED) is 0.818. The second kappa shape index (κ2) is 5.06. The first kappa shape index (κ1) is 15.6. The fourth-order valence-electron chi connectivity index (χ4n) is 4.06. The lowest BCUT2D eigenvalue weighted by Gasteiger charge is -2.38. The van der Waals surface area contributed by atoms with E-state index in [2.05, 4.69) is 5.32 Å². The van der Waals surface area contributed by atoms with Gasteiger partial charge in [0.2, 0.25) is 5.91 Å². The summed E-state index contributed by atoms with van der Waals surface area (Å²) in [5.41, 5.74) is 5.95. The number of nitrogens with two attached hydrogens (primary N) is 1. The van der Waals surface area contributed by atoms with Gasteiger partial charge in [0.25, 0.3) is 0 Å². The van der Waals surface area contributed by atoms with Crippen molar-refractivity contribution in [1.82, 2.24) is 0 Å². The molecule has 1 aliphatic carbocycles. The van der Waals surface area contributed by atoms with E-state index in [9.17, 15) is 9.59 Å². The zero-order chi connectivity index (χ0) is 17.1. The first-order chi connectivity index (χ1) is 11.4. The second-order valence-corrected chi connectivity index (χ2v) is 7.16. The average molecular weight is 361 g/mol. The third kappa shape index (κ3) is 1.79. The van der Waals surface area contributed by atoms with Crippen LogP contribution in [0.5, 0.6) is 0 Å². The van der Waals surface area contributed by atoms with Crippen LogP contribution < -0.4 is 11.1 Å². The second-order valence-electron chi connectivity index (χ2n) is 6.29. The van der Waals surface area contributed by atoms with Crippen molar-refractivity contribution in [2.24, 2.45) is 5.73 Å². The molecule has 1 amide bonds. The van der Waals surface area contributed by atoms with Crippen LogP contribution >= 0.6 is 23.2 Å². The lowest BCUT2D eigenvalue weighted by Crippen LogP contribution is -2.59. The standard InChI is InChI=1S/C18H14Cl2N2O2/c19-11-3-1-2-10(8-11)18(21)15(23)6-7-17(18)13-5-4-12(20)9-14(13)22-16(17)24/h1-5,8-9H,6-7,21H2,(H,22,24)/t17-,18+/m0/s1. The normalized spacial score (nSPS) is 28.3. The summed E-state index contributed by atoms with van der Waals surface area (Å²) in [7, 11) is 0. The lowest BCUT2D eigenvalue weighted by atomic mass is 9.65. The zero-order valence-corrected chi connectivity index (χ0v) is 14.1. The molecule has 2 aromatic carbocycles. The third-order valence-corrected chi connectivity index (χ3v) is 5.67. The Morgan fingerprint density at radius 3 is 2.54 bits per heavy atom. The van der Waals surface area contributed by atoms with E-state index >= 15 is 0 Å². The van der Waals surface area contributed by atoms with Crippen molar-refractivity contribution in [3.05, 3.63) is 63.6 Å². The molecule has 1 saturated carbocycles. The summed E-state index contributed by atoms with van der Waals surface area (Å²) in [5, 5.41) is 3.83. The summed E-state index contributed by atoms with van der Waals surface area (Å²) in [5.74, 6) is -0.434. The van der Waals surface area contributed by atoms with Crippen molar-refractivity contribution in [2.75, 3.05) is 5.32 Å². The minimum atomic E-state index is -1.46. The first-order valence-corrected chi connectivity index (χ1v) is 8.35. The van der Waals surface area contributed by atoms with Gasteiger partial charge in [-0.05, 0) is 41.8 Å². The smallest absolute Gasteiger partial charge is 0.237 e. The van der Waals surface area contributed by atoms with Gasteiger partial charge in [-0.15, -0.1) is 0 Å². The number of hydrogen-bond donors (Lipinski definition) is 2. The van der Waals surface area contributed by atoms with Crippen molar-refractivity contribution in [3.63, 3.8) is 0 Å². The molecule has 122 valence electrons. The van der Waals surface area contributed by atoms with Crippen molar-refractivity contribution in [1.29, 1.82) is 0 Å². The Morgan fingerprint density at radius 1 is 1.04 bits per heavy atom. The molecule has 0 saturated heterocycles. The van der Waals surface area contributed by atoms with E-state index < -0.39 is 11.0 Å². The van der Waals surface area contributed by atoms with Crippen LogP contribution in [0.2, 0.25) is 10.0 Å². The Balaban J connectivity index is 2.01. The molecule has 0 aromatic heterocycles. The summed E-state index contributed by atoms with van der Waals surface area (Å²) in [6.07, 6.45) is 0.591. The summed E-state index contributed by atoms with van der Waals surface area (Å²) in [6, 6.07) is 12.0. The molecular weight excluding hydrogens is 347 g/mol. The third-order valence-electron chi connectivity index (χ3n) is 5.20. The maximum absolute atomic E-state index is 13.0. The molecule has 1 heterocycles. The van der Waals surface area contributed by atoms with E-state index in [1.807, 2.05) is 0 Å². The summed E-state index contributed by atoms with van der Waals surface area (Å²) in [4.78, 5) is 25.8. The van der Waals surface area contributed by atoms with Crippen LogP contribution in [0.3, 0.4) is 0 Å². The minimum Gasteiger partial charge on any atom is -0.325 e. The summed E-state index contributed by atoms with van der Waals surface area (Å²) in [6.45, 7) is 0. The fourth-order valence-corrected chi connectivity index (χ4v) is 4.42. The molecule has 2 aliphatic rings. The highest BCUT2D eigenvalue weighted by atomic mass is 35.5. The minimum absolute atomic E-state index is 0.164. The highest BCUT2D eigenvalue weighted by Gasteiger charge is 2.66. The van der Waals surface area contributed by atoms with E-state index in [0.29, 0.717) is 33.3 Å². The maximum atomic E-state index is 13.0. The van der Waals surface area contributed by atoms with Gasteiger partial charge < -0.3 is 11.1 Å². The first-order valence-electron chi connectivity index (χ1n) is 7.59. The summed E-state index contributed by atoms with van der Waals surface area (Å²) >= 11 is 12.1. The molecular formula is C18H14Cl2N2O2. The number of nitrogens with one attached hydrogen (secondary N) is 1. The Bertz CT molecular complexity index is 898. The van der Waals surface area contributed by atoms with Gasteiger partial charge in [0, 0.05) is 22.2 Å². The SMILES string of the molecule is N[C@]1(c2cccc(Cl)c2)C(=O)CC[C@]12C(=O)Nc1cc(Cl)ccc12. The molecule has 1 aliphatic heterocycles. The van der Waals surface area contributed by atoms with E-state index in [1.54, 1.807) is 42.5 Å². The Hall–Kier alpha value is -1.88. The van der Waals surface area contributed by atoms with Crippen LogP contribution in [0, 0.1) is 0 Å². The van der Waals surface area contributed by atoms with Gasteiger partial charge in [0.05, 0.1) is 0 Å². The monoisotopic (exact) mass is 360 g/mol. The predicted octanol–water partition coefficient (Wildman–Crippen LogP) is 3.40. The molecule has 24 heavy (non-hydrogen) atoms. The van der Waals surface area contributed by atoms with Crippen molar-refractivity contribution < 1.29 is 9.59 Å². The molecule has 3 N–H and O–H groups in total. The highest BCUT2D eigenvalue weighted by molar-refractivity contribution is 6.31. The molecule has 0 bridgehead atoms. The Labute approximate surface area is 148 Å². The van der Waals surface area contributed by atoms with Crippen LogP contribution in [0.25, 0.3) is 0 Å². The topological polar surface area (TPSA) is 72.2 Å². The van der Waals surface area contributed by atoms with Gasteiger partial charge in [0.15, 0.2) is 5.78 Å². The van der Waals surface area contributed by atoms with Gasteiger partial charge in [0.1, 0.15) is 11.0 Å². The number of hydrogen-bond acceptors (Lipinski definition) is 3. The predicted molar refractivity (Wildman–Crippen MR) is 93.3 cm³/mol. The number of fused-ring (bicyclic) bond motifs is 2. The number of carbonyl (C=O) groups is 2. The molecule has 1 spiro atoms. The van der Waals surface area contributed by atoms with Gasteiger partial charge in [-0.2, -0.15) is 0 Å². The van der Waals surface area contributed by atoms with E-state index in [1.165, 1.54) is 0 Å². The van der Waals surface area contributed by atoms with E-state index in [-0.39, 0.29) is 18.1 Å². The molecule has 4 rings (SSSR count). The number of Topliss-reactive ketones (excluding diaryl/α,β-unsaturated/α-hetero) is 1. The van der Waals surface area contributed by atoms with Gasteiger partial charge >= 0.3 is 0 Å². The number of ketones is 1. The molecule has 0 radical (unpaired) electrons. The van der Waals surface area contributed by atoms with Gasteiger partial charge in [-0.3, -0.25) is 9.59 Å². The molecule has 4 nitrogen and oxygen atoms in total. The van der Waals surface area contributed by atoms with Crippen molar-refractivity contribution in [3.8, 4) is 0 Å². The van der Waals surface area contributed by atoms with Crippen molar-refractivity contribution >= 4 is 40.6 Å². The van der Waals surface area contributed by atoms with E-state index in [4.69, 9.17) is 28.9 Å². The van der Waals surface area contributed by atoms with Crippen LogP contribution in [-0.4, -0.2) is 11.7 Å².